The number of rotatable bonds is 4. The zero-order valence-electron chi connectivity index (χ0n) is 9.58. The smallest absolute Gasteiger partial charge is 0.195 e. The Balaban J connectivity index is 5.02. The van der Waals surface area contributed by atoms with Gasteiger partial charge in [-0.1, -0.05) is 23.2 Å². The summed E-state index contributed by atoms with van der Waals surface area (Å²) in [6.07, 6.45) is 0. The van der Waals surface area contributed by atoms with Gasteiger partial charge >= 0.3 is 0 Å². The molecule has 0 aliphatic carbocycles. The Morgan fingerprint density at radius 1 is 1.33 bits per heavy atom. The van der Waals surface area contributed by atoms with Crippen molar-refractivity contribution in [1.82, 2.24) is 0 Å². The quantitative estimate of drug-likeness (QED) is 0.618. The second-order valence-corrected chi connectivity index (χ2v) is 8.42. The molecule has 2 unspecified atom stereocenters. The van der Waals surface area contributed by atoms with Crippen LogP contribution in [0.5, 0.6) is 0 Å². The van der Waals surface area contributed by atoms with Gasteiger partial charge in [0.25, 0.3) is 0 Å². The summed E-state index contributed by atoms with van der Waals surface area (Å²) >= 11 is 11.7. The van der Waals surface area contributed by atoms with Gasteiger partial charge in [0.2, 0.25) is 0 Å². The molecule has 0 amide bonds. The first-order chi connectivity index (χ1) is 6.40. The van der Waals surface area contributed by atoms with Crippen LogP contribution in [0.15, 0.2) is 0 Å². The predicted molar refractivity (Wildman–Crippen MR) is 60.2 cm³/mol. The van der Waals surface area contributed by atoms with Crippen molar-refractivity contribution < 1.29 is 19.3 Å². The fourth-order valence-corrected chi connectivity index (χ4v) is 3.36. The molecule has 0 heterocycles. The van der Waals surface area contributed by atoms with Gasteiger partial charge < -0.3 is 19.3 Å². The van der Waals surface area contributed by atoms with E-state index < -0.39 is 17.7 Å². The van der Waals surface area contributed by atoms with E-state index in [1.165, 1.54) is 6.92 Å². The van der Waals surface area contributed by atoms with Crippen molar-refractivity contribution in [2.45, 2.75) is 43.4 Å². The molecule has 0 fully saturated rings. The molecular weight excluding hydrogens is 260 g/mol. The maximum Gasteiger partial charge on any atom is 0.195 e. The zero-order valence-corrected chi connectivity index (χ0v) is 12.0. The van der Waals surface area contributed by atoms with E-state index in [1.54, 1.807) is 5.32 Å². The Kier molecular flexibility index (Phi) is 5.13. The normalized spacial score (nSPS) is 19.7. The summed E-state index contributed by atoms with van der Waals surface area (Å²) in [5.74, 6) is -1.03. The first-order valence-electron chi connectivity index (χ1n) is 4.50. The van der Waals surface area contributed by atoms with Gasteiger partial charge in [0.05, 0.1) is 5.54 Å². The minimum Gasteiger partial charge on any atom is -0.774 e. The third kappa shape index (κ3) is 5.53. The van der Waals surface area contributed by atoms with E-state index in [1.807, 2.05) is 20.8 Å². The van der Waals surface area contributed by atoms with Gasteiger partial charge in [-0.05, 0) is 27.7 Å². The number of alkyl halides is 2. The van der Waals surface area contributed by atoms with Crippen molar-refractivity contribution in [2.75, 3.05) is 7.11 Å². The van der Waals surface area contributed by atoms with Gasteiger partial charge in [-0.25, -0.2) is 0 Å². The van der Waals surface area contributed by atoms with E-state index in [0.717, 1.165) is 7.11 Å². The summed E-state index contributed by atoms with van der Waals surface area (Å²) in [6, 6.07) is 0. The summed E-state index contributed by atoms with van der Waals surface area (Å²) in [6.45, 7) is 7.05. The largest absolute Gasteiger partial charge is 0.774 e. The highest BCUT2D eigenvalue weighted by atomic mass is 35.5. The fourth-order valence-electron chi connectivity index (χ4n) is 1.10. The molecule has 92 valence electrons. The van der Waals surface area contributed by atoms with Gasteiger partial charge in [-0.15, -0.1) is 0 Å². The van der Waals surface area contributed by atoms with Crippen LogP contribution in [0.2, 0.25) is 0 Å². The van der Waals surface area contributed by atoms with E-state index >= 15 is 0 Å². The van der Waals surface area contributed by atoms with Crippen LogP contribution in [0.1, 0.15) is 27.7 Å². The highest BCUT2D eigenvalue weighted by Crippen LogP contribution is 2.47. The summed E-state index contributed by atoms with van der Waals surface area (Å²) in [5, 5.41) is 1.59. The van der Waals surface area contributed by atoms with Crippen molar-refractivity contribution in [3.8, 4) is 0 Å². The van der Waals surface area contributed by atoms with E-state index in [0.29, 0.717) is 0 Å². The molecule has 0 aliphatic heterocycles. The molecule has 4 nitrogen and oxygen atoms in total. The van der Waals surface area contributed by atoms with Crippen molar-refractivity contribution in [3.05, 3.63) is 0 Å². The van der Waals surface area contributed by atoms with Crippen molar-refractivity contribution >= 4 is 30.8 Å². The summed E-state index contributed by atoms with van der Waals surface area (Å²) in [4.78, 5) is 11.6. The van der Waals surface area contributed by atoms with E-state index in [-0.39, 0.29) is 5.54 Å². The Bertz CT molecular complexity index is 260. The second kappa shape index (κ2) is 4.91. The lowest BCUT2D eigenvalue weighted by Crippen LogP contribution is -3.01. The molecule has 0 aromatic rings. The predicted octanol–water partition coefficient (Wildman–Crippen LogP) is 1.07. The molecule has 2 N–H and O–H groups in total. The molecule has 0 bridgehead atoms. The topological polar surface area (TPSA) is 66.0 Å². The van der Waals surface area contributed by atoms with Gasteiger partial charge in [0, 0.05) is 7.11 Å². The van der Waals surface area contributed by atoms with Gasteiger partial charge in [0.1, 0.15) is 0 Å². The number of hydrogen-bond donors (Lipinski definition) is 1. The van der Waals surface area contributed by atoms with Crippen LogP contribution in [0.3, 0.4) is 0 Å². The van der Waals surface area contributed by atoms with Crippen LogP contribution in [-0.2, 0) is 9.09 Å². The second-order valence-electron chi connectivity index (χ2n) is 4.66. The lowest BCUT2D eigenvalue weighted by atomic mass is 10.1. The fraction of sp³-hybridized carbons (Fsp3) is 1.00. The molecular formula is C8H18Cl2NO3P. The van der Waals surface area contributed by atoms with Crippen LogP contribution in [0.4, 0.5) is 0 Å². The lowest BCUT2D eigenvalue weighted by Gasteiger charge is -2.37. The Labute approximate surface area is 101 Å². The SMILES string of the molecule is COP(=O)([O-])C([NH2+]C(C)(C)C)C(C)(Cl)Cl. The van der Waals surface area contributed by atoms with E-state index in [9.17, 15) is 9.46 Å². The zero-order chi connectivity index (χ0) is 12.5. The molecule has 15 heavy (non-hydrogen) atoms. The molecule has 0 aromatic carbocycles. The van der Waals surface area contributed by atoms with Gasteiger partial charge in [0.15, 0.2) is 17.7 Å². The average Bonchev–Trinajstić information content (AvgIpc) is 1.96. The number of halogens is 2. The Hall–Kier alpha value is 0.690. The van der Waals surface area contributed by atoms with Crippen molar-refractivity contribution in [2.24, 2.45) is 0 Å². The Morgan fingerprint density at radius 2 is 1.73 bits per heavy atom. The molecule has 0 rings (SSSR count). The maximum atomic E-state index is 11.6. The third-order valence-corrected chi connectivity index (χ3v) is 4.40. The number of hydrogen-bond acceptors (Lipinski definition) is 3. The molecule has 0 aliphatic rings. The van der Waals surface area contributed by atoms with E-state index in [4.69, 9.17) is 23.2 Å². The molecule has 2 atom stereocenters. The lowest BCUT2D eigenvalue weighted by molar-refractivity contribution is -0.735. The molecule has 7 heteroatoms. The highest BCUT2D eigenvalue weighted by molar-refractivity contribution is 7.52. The first-order valence-corrected chi connectivity index (χ1v) is 6.87. The minimum absolute atomic E-state index is 0.311. The number of quaternary nitrogens is 1. The van der Waals surface area contributed by atoms with Crippen molar-refractivity contribution in [3.63, 3.8) is 0 Å². The van der Waals surface area contributed by atoms with Crippen molar-refractivity contribution in [1.29, 1.82) is 0 Å². The summed E-state index contributed by atoms with van der Waals surface area (Å²) in [5.41, 5.74) is -0.311. The molecule has 0 spiro atoms. The molecule has 0 aromatic heterocycles. The molecule has 0 saturated heterocycles. The Morgan fingerprint density at radius 3 is 1.93 bits per heavy atom. The number of nitrogens with two attached hydrogens (primary N) is 1. The molecule has 0 radical (unpaired) electrons. The van der Waals surface area contributed by atoms with Crippen LogP contribution in [-0.4, -0.2) is 22.8 Å². The highest BCUT2D eigenvalue weighted by Gasteiger charge is 2.44. The van der Waals surface area contributed by atoms with Crippen LogP contribution < -0.4 is 10.2 Å². The van der Waals surface area contributed by atoms with Gasteiger partial charge in [-0.3, -0.25) is 0 Å². The average molecular weight is 278 g/mol. The third-order valence-electron chi connectivity index (χ3n) is 1.77. The van der Waals surface area contributed by atoms with Crippen LogP contribution in [0.25, 0.3) is 0 Å². The standard InChI is InChI=1S/C8H18Cl2NO3P/c1-7(2,3)11-6(8(4,9)10)15(12,13)14-5/h6,11H,1-5H3,(H,12,13). The van der Waals surface area contributed by atoms with Gasteiger partial charge in [-0.2, -0.15) is 0 Å². The maximum absolute atomic E-state index is 11.6. The van der Waals surface area contributed by atoms with Crippen LogP contribution in [0, 0.1) is 0 Å². The first kappa shape index (κ1) is 15.7. The minimum atomic E-state index is -4.07. The summed E-state index contributed by atoms with van der Waals surface area (Å²) < 4.78 is 14.7. The van der Waals surface area contributed by atoms with E-state index in [2.05, 4.69) is 4.52 Å². The van der Waals surface area contributed by atoms with Crippen LogP contribution >= 0.6 is 30.8 Å². The summed E-state index contributed by atoms with van der Waals surface area (Å²) in [7, 11) is -2.96. The monoisotopic (exact) mass is 277 g/mol. The molecule has 0 saturated carbocycles.